The van der Waals surface area contributed by atoms with Crippen LogP contribution >= 0.6 is 0 Å². The van der Waals surface area contributed by atoms with Crippen LogP contribution < -0.4 is 0 Å². The summed E-state index contributed by atoms with van der Waals surface area (Å²) in [5.41, 5.74) is -0.00633. The minimum atomic E-state index is -4.26. The minimum Gasteiger partial charge on any atom is -0.465 e. The van der Waals surface area contributed by atoms with Crippen molar-refractivity contribution in [1.29, 1.82) is 0 Å². The Labute approximate surface area is 107 Å². The average Bonchev–Trinajstić information content (AvgIpc) is 2.75. The van der Waals surface area contributed by atoms with Crippen LogP contribution in [0.3, 0.4) is 0 Å². The number of nitrogens with zero attached hydrogens (tertiary/aromatic N) is 3. The van der Waals surface area contributed by atoms with E-state index in [1.807, 2.05) is 0 Å². The van der Waals surface area contributed by atoms with E-state index in [4.69, 9.17) is 5.11 Å². The summed E-state index contributed by atoms with van der Waals surface area (Å²) in [5, 5.41) is 12.7. The van der Waals surface area contributed by atoms with Gasteiger partial charge in [-0.1, -0.05) is 0 Å². The molecule has 0 spiro atoms. The van der Waals surface area contributed by atoms with Crippen molar-refractivity contribution < 1.29 is 23.1 Å². The van der Waals surface area contributed by atoms with Crippen molar-refractivity contribution in [2.45, 2.75) is 31.5 Å². The Kier molecular flexibility index (Phi) is 3.68. The number of carboxylic acid groups (broad SMARTS) is 1. The minimum absolute atomic E-state index is 0.00633. The summed E-state index contributed by atoms with van der Waals surface area (Å²) >= 11 is 0. The molecule has 1 N–H and O–H groups in total. The molecule has 5 nitrogen and oxygen atoms in total. The molecule has 1 amide bonds. The van der Waals surface area contributed by atoms with E-state index < -0.39 is 18.7 Å². The van der Waals surface area contributed by atoms with Crippen molar-refractivity contribution in [3.8, 4) is 0 Å². The molecule has 0 aromatic carbocycles. The second-order valence-corrected chi connectivity index (χ2v) is 4.58. The Morgan fingerprint density at radius 1 is 1.42 bits per heavy atom. The molecule has 1 aliphatic heterocycles. The zero-order valence-corrected chi connectivity index (χ0v) is 10.1. The molecule has 1 aliphatic rings. The van der Waals surface area contributed by atoms with E-state index >= 15 is 0 Å². The maximum absolute atomic E-state index is 12.2. The first kappa shape index (κ1) is 13.7. The van der Waals surface area contributed by atoms with E-state index in [2.05, 4.69) is 5.10 Å². The highest BCUT2D eigenvalue weighted by molar-refractivity contribution is 5.64. The molecule has 19 heavy (non-hydrogen) atoms. The highest BCUT2D eigenvalue weighted by atomic mass is 19.4. The molecule has 0 radical (unpaired) electrons. The molecule has 0 saturated carbocycles. The smallest absolute Gasteiger partial charge is 0.407 e. The first-order valence-electron chi connectivity index (χ1n) is 5.94. The number of halogens is 3. The molecule has 0 atom stereocenters. The number of amides is 1. The third-order valence-electron chi connectivity index (χ3n) is 3.15. The van der Waals surface area contributed by atoms with E-state index in [-0.39, 0.29) is 11.7 Å². The monoisotopic (exact) mass is 277 g/mol. The zero-order chi connectivity index (χ0) is 14.0. The summed E-state index contributed by atoms with van der Waals surface area (Å²) in [6.07, 6.45) is -3.59. The lowest BCUT2D eigenvalue weighted by Crippen LogP contribution is -2.38. The van der Waals surface area contributed by atoms with Gasteiger partial charge in [0.05, 0.1) is 18.2 Å². The first-order chi connectivity index (χ1) is 8.85. The van der Waals surface area contributed by atoms with Crippen LogP contribution in [0.25, 0.3) is 0 Å². The third-order valence-corrected chi connectivity index (χ3v) is 3.15. The summed E-state index contributed by atoms with van der Waals surface area (Å²) in [4.78, 5) is 12.0. The molecule has 1 fully saturated rings. The molecular formula is C11H14F3N3O2. The van der Waals surface area contributed by atoms with Gasteiger partial charge in [0.1, 0.15) is 0 Å². The number of piperidine rings is 1. The van der Waals surface area contributed by atoms with E-state index in [9.17, 15) is 18.0 Å². The second-order valence-electron chi connectivity index (χ2n) is 4.58. The molecular weight excluding hydrogens is 263 g/mol. The lowest BCUT2D eigenvalue weighted by molar-refractivity contribution is -0.127. The summed E-state index contributed by atoms with van der Waals surface area (Å²) < 4.78 is 38.1. The summed E-state index contributed by atoms with van der Waals surface area (Å²) in [6, 6.07) is 1.33. The Morgan fingerprint density at radius 2 is 2.05 bits per heavy atom. The van der Waals surface area contributed by atoms with Gasteiger partial charge in [0.25, 0.3) is 0 Å². The van der Waals surface area contributed by atoms with Gasteiger partial charge in [-0.3, -0.25) is 4.68 Å². The summed E-state index contributed by atoms with van der Waals surface area (Å²) in [7, 11) is 0. The van der Waals surface area contributed by atoms with Gasteiger partial charge in [-0.25, -0.2) is 4.79 Å². The largest absolute Gasteiger partial charge is 0.465 e. The Balaban J connectivity index is 1.95. The zero-order valence-electron chi connectivity index (χ0n) is 10.1. The molecule has 2 heterocycles. The lowest BCUT2D eigenvalue weighted by atomic mass is 10.1. The quantitative estimate of drug-likeness (QED) is 0.902. The van der Waals surface area contributed by atoms with Gasteiger partial charge in [-0.05, 0) is 18.9 Å². The number of alkyl halides is 3. The van der Waals surface area contributed by atoms with Gasteiger partial charge < -0.3 is 10.0 Å². The van der Waals surface area contributed by atoms with E-state index in [0.717, 1.165) is 0 Å². The molecule has 1 aromatic rings. The van der Waals surface area contributed by atoms with E-state index in [0.29, 0.717) is 25.9 Å². The standard InChI is InChI=1S/C11H14F3N3O2/c12-11(13,14)7-8-1-6-17(15-8)9-2-4-16(5-3-9)10(18)19/h1,6,9H,2-5,7H2,(H,18,19). The van der Waals surface area contributed by atoms with Crippen LogP contribution in [0, 0.1) is 0 Å². The third kappa shape index (κ3) is 3.62. The van der Waals surface area contributed by atoms with E-state index in [1.165, 1.54) is 21.8 Å². The van der Waals surface area contributed by atoms with Crippen molar-refractivity contribution in [2.75, 3.05) is 13.1 Å². The number of hydrogen-bond acceptors (Lipinski definition) is 2. The normalized spacial score (nSPS) is 17.7. The molecule has 1 aromatic heterocycles. The fraction of sp³-hybridized carbons (Fsp3) is 0.636. The van der Waals surface area contributed by atoms with Crippen molar-refractivity contribution in [2.24, 2.45) is 0 Å². The van der Waals surface area contributed by atoms with Gasteiger partial charge >= 0.3 is 12.3 Å². The van der Waals surface area contributed by atoms with Crippen molar-refractivity contribution in [3.63, 3.8) is 0 Å². The van der Waals surface area contributed by atoms with Crippen molar-refractivity contribution in [1.82, 2.24) is 14.7 Å². The van der Waals surface area contributed by atoms with Crippen molar-refractivity contribution >= 4 is 6.09 Å². The summed E-state index contributed by atoms with van der Waals surface area (Å²) in [6.45, 7) is 0.767. The Bertz CT molecular complexity index is 450. The van der Waals surface area contributed by atoms with Crippen LogP contribution in [0.2, 0.25) is 0 Å². The number of aromatic nitrogens is 2. The number of likely N-dealkylation sites (tertiary alicyclic amines) is 1. The van der Waals surface area contributed by atoms with Gasteiger partial charge in [0, 0.05) is 19.3 Å². The van der Waals surface area contributed by atoms with E-state index in [1.54, 1.807) is 0 Å². The number of carbonyl (C=O) groups is 1. The van der Waals surface area contributed by atoms with Crippen LogP contribution in [0.5, 0.6) is 0 Å². The topological polar surface area (TPSA) is 58.4 Å². The van der Waals surface area contributed by atoms with Gasteiger partial charge in [0.15, 0.2) is 0 Å². The number of rotatable bonds is 2. The molecule has 8 heteroatoms. The second kappa shape index (κ2) is 5.10. The predicted octanol–water partition coefficient (Wildman–Crippen LogP) is 2.30. The molecule has 0 unspecified atom stereocenters. The molecule has 0 aliphatic carbocycles. The molecule has 1 saturated heterocycles. The average molecular weight is 277 g/mol. The SMILES string of the molecule is O=C(O)N1CCC(n2ccc(CC(F)(F)F)n2)CC1. The Hall–Kier alpha value is -1.73. The summed E-state index contributed by atoms with van der Waals surface area (Å²) in [5.74, 6) is 0. The lowest BCUT2D eigenvalue weighted by Gasteiger charge is -2.30. The fourth-order valence-corrected chi connectivity index (χ4v) is 2.20. The van der Waals surface area contributed by atoms with Gasteiger partial charge in [0.2, 0.25) is 0 Å². The van der Waals surface area contributed by atoms with Crippen LogP contribution in [0.1, 0.15) is 24.6 Å². The van der Waals surface area contributed by atoms with Crippen LogP contribution in [-0.4, -0.2) is 45.1 Å². The fourth-order valence-electron chi connectivity index (χ4n) is 2.20. The maximum atomic E-state index is 12.2. The first-order valence-corrected chi connectivity index (χ1v) is 5.94. The van der Waals surface area contributed by atoms with Crippen molar-refractivity contribution in [3.05, 3.63) is 18.0 Å². The number of hydrogen-bond donors (Lipinski definition) is 1. The predicted molar refractivity (Wildman–Crippen MR) is 59.9 cm³/mol. The molecule has 0 bridgehead atoms. The van der Waals surface area contributed by atoms with Crippen LogP contribution in [0.15, 0.2) is 12.3 Å². The van der Waals surface area contributed by atoms with Gasteiger partial charge in [-0.2, -0.15) is 18.3 Å². The highest BCUT2D eigenvalue weighted by Gasteiger charge is 2.30. The Morgan fingerprint density at radius 3 is 2.58 bits per heavy atom. The highest BCUT2D eigenvalue weighted by Crippen LogP contribution is 2.24. The van der Waals surface area contributed by atoms with Gasteiger partial charge in [-0.15, -0.1) is 0 Å². The maximum Gasteiger partial charge on any atom is 0.407 e. The molecule has 2 rings (SSSR count). The van der Waals surface area contributed by atoms with Crippen LogP contribution in [0.4, 0.5) is 18.0 Å². The molecule has 106 valence electrons. The van der Waals surface area contributed by atoms with Crippen LogP contribution in [-0.2, 0) is 6.42 Å².